The molecule has 1 saturated heterocycles. The molecule has 10 nitrogen and oxygen atoms in total. The van der Waals surface area contributed by atoms with Crippen molar-refractivity contribution >= 4 is 54.9 Å². The molecule has 1 N–H and O–H groups in total. The molecule has 1 amide bonds. The van der Waals surface area contributed by atoms with Crippen LogP contribution in [0.25, 0.3) is 10.2 Å². The summed E-state index contributed by atoms with van der Waals surface area (Å²) in [5, 5.41) is 3.48. The third kappa shape index (κ3) is 5.93. The number of nitrogens with one attached hydrogen (secondary N) is 1. The van der Waals surface area contributed by atoms with Gasteiger partial charge in [-0.25, -0.2) is 13.4 Å². The van der Waals surface area contributed by atoms with Crippen LogP contribution in [-0.2, 0) is 43.7 Å². The van der Waals surface area contributed by atoms with Gasteiger partial charge in [0, 0.05) is 30.8 Å². The number of ether oxygens (including phenoxy) is 2. The number of fused-ring (bicyclic) bond motifs is 3. The van der Waals surface area contributed by atoms with Crippen LogP contribution in [0, 0.1) is 0 Å². The highest BCUT2D eigenvalue weighted by Gasteiger charge is 2.27. The number of carbonyl (C=O) groups excluding carboxylic acids is 1. The van der Waals surface area contributed by atoms with Crippen LogP contribution < -0.4 is 10.9 Å². The van der Waals surface area contributed by atoms with Crippen molar-refractivity contribution in [3.05, 3.63) is 45.1 Å². The van der Waals surface area contributed by atoms with Crippen molar-refractivity contribution in [3.63, 3.8) is 0 Å². The van der Waals surface area contributed by atoms with E-state index in [9.17, 15) is 18.0 Å². The van der Waals surface area contributed by atoms with Gasteiger partial charge in [0.2, 0.25) is 15.9 Å². The van der Waals surface area contributed by atoms with Gasteiger partial charge in [0.1, 0.15) is 4.83 Å². The fourth-order valence-electron chi connectivity index (χ4n) is 4.79. The smallest absolute Gasteiger partial charge is 0.263 e. The Bertz CT molecular complexity index is 1510. The monoisotopic (exact) mass is 592 g/mol. The minimum atomic E-state index is -3.61. The van der Waals surface area contributed by atoms with E-state index in [2.05, 4.69) is 5.32 Å². The highest BCUT2D eigenvalue weighted by atomic mass is 32.2. The Hall–Kier alpha value is -2.29. The molecule has 0 radical (unpaired) electrons. The van der Waals surface area contributed by atoms with Crippen LogP contribution in [-0.4, -0.2) is 73.5 Å². The van der Waals surface area contributed by atoms with Gasteiger partial charge in [0.15, 0.2) is 5.16 Å². The number of rotatable bonds is 9. The van der Waals surface area contributed by atoms with Gasteiger partial charge in [0.25, 0.3) is 5.56 Å². The molecule has 1 fully saturated rings. The zero-order chi connectivity index (χ0) is 27.6. The Morgan fingerprint density at radius 2 is 1.92 bits per heavy atom. The van der Waals surface area contributed by atoms with E-state index in [1.165, 1.54) is 33.1 Å². The van der Waals surface area contributed by atoms with Gasteiger partial charge < -0.3 is 14.8 Å². The summed E-state index contributed by atoms with van der Waals surface area (Å²) in [6.07, 6.45) is 4.07. The van der Waals surface area contributed by atoms with Crippen LogP contribution in [0.4, 0.5) is 5.69 Å². The second kappa shape index (κ2) is 12.1. The van der Waals surface area contributed by atoms with Crippen molar-refractivity contribution in [1.29, 1.82) is 0 Å². The third-order valence-corrected chi connectivity index (χ3v) is 11.1. The number of aromatic nitrogens is 2. The largest absolute Gasteiger partial charge is 0.383 e. The molecule has 13 heteroatoms. The van der Waals surface area contributed by atoms with Gasteiger partial charge in [0.05, 0.1) is 41.9 Å². The maximum atomic E-state index is 13.6. The lowest BCUT2D eigenvalue weighted by atomic mass is 9.97. The summed E-state index contributed by atoms with van der Waals surface area (Å²) in [5.74, 6) is -0.276. The van der Waals surface area contributed by atoms with Crippen molar-refractivity contribution < 1.29 is 22.7 Å². The maximum absolute atomic E-state index is 13.6. The SMILES string of the molecule is COCCn1c(SC(C)C(=O)Nc2ccc(S(=O)(=O)N3CCOCC3)cc2)nc2sc3c(c2c1=O)CCCC3. The predicted octanol–water partition coefficient (Wildman–Crippen LogP) is 3.12. The molecule has 3 heterocycles. The van der Waals surface area contributed by atoms with E-state index in [1.807, 2.05) is 0 Å². The molecule has 2 aromatic heterocycles. The van der Waals surface area contributed by atoms with Crippen molar-refractivity contribution in [3.8, 4) is 0 Å². The number of hydrogen-bond acceptors (Lipinski definition) is 9. The number of carbonyl (C=O) groups is 1. The lowest BCUT2D eigenvalue weighted by molar-refractivity contribution is -0.115. The molecule has 0 bridgehead atoms. The minimum absolute atomic E-state index is 0.0800. The van der Waals surface area contributed by atoms with Crippen LogP contribution in [0.3, 0.4) is 0 Å². The average molecular weight is 593 g/mol. The number of amides is 1. The second-order valence-electron chi connectivity index (χ2n) is 9.53. The minimum Gasteiger partial charge on any atom is -0.383 e. The molecule has 1 unspecified atom stereocenters. The zero-order valence-corrected chi connectivity index (χ0v) is 24.4. The van der Waals surface area contributed by atoms with E-state index in [1.54, 1.807) is 42.1 Å². The molecule has 2 aliphatic rings. The molecule has 210 valence electrons. The molecule has 3 aromatic rings. The first-order chi connectivity index (χ1) is 18.8. The van der Waals surface area contributed by atoms with E-state index in [-0.39, 0.29) is 16.4 Å². The number of nitrogens with zero attached hydrogens (tertiary/aromatic N) is 3. The number of aryl methyl sites for hydroxylation is 2. The predicted molar refractivity (Wildman–Crippen MR) is 152 cm³/mol. The lowest BCUT2D eigenvalue weighted by Crippen LogP contribution is -2.40. The molecule has 1 aromatic carbocycles. The first kappa shape index (κ1) is 28.2. The van der Waals surface area contributed by atoms with Gasteiger partial charge in [-0.1, -0.05) is 11.8 Å². The molecule has 39 heavy (non-hydrogen) atoms. The van der Waals surface area contributed by atoms with Gasteiger partial charge in [-0.2, -0.15) is 4.31 Å². The molecule has 1 aliphatic heterocycles. The Morgan fingerprint density at radius 1 is 1.21 bits per heavy atom. The molecular formula is C26H32N4O6S3. The van der Waals surface area contributed by atoms with Crippen LogP contribution >= 0.6 is 23.1 Å². The standard InChI is InChI=1S/C26H32N4O6S3/c1-17(23(31)27-18-7-9-19(10-8-18)39(33,34)29-11-15-36-16-12-29)37-26-28-24-22(25(32)30(26)13-14-35-2)20-5-3-4-6-21(20)38-24/h7-10,17H,3-6,11-16H2,1-2H3,(H,27,31). The fourth-order valence-corrected chi connectivity index (χ4v) is 8.44. The molecular weight excluding hydrogens is 561 g/mol. The van der Waals surface area contributed by atoms with Gasteiger partial charge >= 0.3 is 0 Å². The number of morpholine rings is 1. The number of benzene rings is 1. The van der Waals surface area contributed by atoms with Crippen LogP contribution in [0.2, 0.25) is 0 Å². The summed E-state index contributed by atoms with van der Waals surface area (Å²) < 4.78 is 39.2. The Morgan fingerprint density at radius 3 is 2.64 bits per heavy atom. The molecule has 0 spiro atoms. The number of thioether (sulfide) groups is 1. The Labute approximate surface area is 235 Å². The summed E-state index contributed by atoms with van der Waals surface area (Å²) in [6.45, 7) is 3.84. The van der Waals surface area contributed by atoms with Crippen molar-refractivity contribution in [2.45, 2.75) is 54.5 Å². The van der Waals surface area contributed by atoms with Crippen LogP contribution in [0.1, 0.15) is 30.2 Å². The van der Waals surface area contributed by atoms with Crippen LogP contribution in [0.15, 0.2) is 39.1 Å². The zero-order valence-electron chi connectivity index (χ0n) is 22.0. The maximum Gasteiger partial charge on any atom is 0.263 e. The van der Waals surface area contributed by atoms with E-state index in [0.717, 1.165) is 36.1 Å². The first-order valence-electron chi connectivity index (χ1n) is 13.0. The third-order valence-electron chi connectivity index (χ3n) is 6.94. The average Bonchev–Trinajstić information content (AvgIpc) is 3.32. The number of hydrogen-bond donors (Lipinski definition) is 1. The van der Waals surface area contributed by atoms with E-state index < -0.39 is 15.3 Å². The van der Waals surface area contributed by atoms with E-state index in [0.29, 0.717) is 55.7 Å². The van der Waals surface area contributed by atoms with Gasteiger partial charge in [-0.3, -0.25) is 14.2 Å². The quantitative estimate of drug-likeness (QED) is 0.297. The Kier molecular flexibility index (Phi) is 8.74. The van der Waals surface area contributed by atoms with Crippen molar-refractivity contribution in [2.75, 3.05) is 45.3 Å². The second-order valence-corrected chi connectivity index (χ2v) is 13.9. The molecule has 0 saturated carbocycles. The van der Waals surface area contributed by atoms with Crippen molar-refractivity contribution in [2.24, 2.45) is 0 Å². The summed E-state index contributed by atoms with van der Waals surface area (Å²) in [6, 6.07) is 6.15. The highest BCUT2D eigenvalue weighted by Crippen LogP contribution is 2.35. The van der Waals surface area contributed by atoms with E-state index in [4.69, 9.17) is 14.5 Å². The highest BCUT2D eigenvalue weighted by molar-refractivity contribution is 8.00. The summed E-state index contributed by atoms with van der Waals surface area (Å²) in [7, 11) is -2.03. The normalized spacial score (nSPS) is 17.2. The van der Waals surface area contributed by atoms with E-state index >= 15 is 0 Å². The molecule has 1 aliphatic carbocycles. The Balaban J connectivity index is 1.33. The molecule has 1 atom stereocenters. The van der Waals surface area contributed by atoms with Gasteiger partial charge in [-0.05, 0) is 62.4 Å². The number of anilines is 1. The molecule has 5 rings (SSSR count). The first-order valence-corrected chi connectivity index (χ1v) is 16.1. The lowest BCUT2D eigenvalue weighted by Gasteiger charge is -2.26. The number of methoxy groups -OCH3 is 1. The van der Waals surface area contributed by atoms with Crippen LogP contribution in [0.5, 0.6) is 0 Å². The number of thiophene rings is 1. The van der Waals surface area contributed by atoms with Crippen molar-refractivity contribution in [1.82, 2.24) is 13.9 Å². The summed E-state index contributed by atoms with van der Waals surface area (Å²) >= 11 is 2.81. The fraction of sp³-hybridized carbons (Fsp3) is 0.500. The number of sulfonamides is 1. The summed E-state index contributed by atoms with van der Waals surface area (Å²) in [4.78, 5) is 33.6. The topological polar surface area (TPSA) is 120 Å². The van der Waals surface area contributed by atoms with Gasteiger partial charge in [-0.15, -0.1) is 11.3 Å². The summed E-state index contributed by atoms with van der Waals surface area (Å²) in [5.41, 5.74) is 1.54.